The first kappa shape index (κ1) is 45.4. The highest BCUT2D eigenvalue weighted by molar-refractivity contribution is 7.33. The van der Waals surface area contributed by atoms with Gasteiger partial charge in [-0.1, -0.05) is 159 Å². The summed E-state index contributed by atoms with van der Waals surface area (Å²) in [4.78, 5) is 5.23. The van der Waals surface area contributed by atoms with Crippen LogP contribution in [-0.2, 0) is 23.3 Å². The van der Waals surface area contributed by atoms with Crippen molar-refractivity contribution >= 4 is 144 Å². The monoisotopic (exact) mass is 1000 g/mol. The van der Waals surface area contributed by atoms with Crippen LogP contribution in [0.2, 0.25) is 0 Å². The summed E-state index contributed by atoms with van der Waals surface area (Å²) in [5.74, 6) is 0. The molecular formula is C69H59BN4OS. The summed E-state index contributed by atoms with van der Waals surface area (Å²) in [5, 5.41) is 8.33. The lowest BCUT2D eigenvalue weighted by atomic mass is 9.36. The molecule has 0 saturated carbocycles. The maximum Gasteiger partial charge on any atom is 0.264 e. The van der Waals surface area contributed by atoms with Gasteiger partial charge in [0.15, 0.2) is 0 Å². The molecule has 6 heterocycles. The number of hydrogen-bond donors (Lipinski definition) is 0. The van der Waals surface area contributed by atoms with Crippen LogP contribution in [0.5, 0.6) is 0 Å². The smallest absolute Gasteiger partial charge is 0.264 e. The molecule has 76 heavy (non-hydrogen) atoms. The van der Waals surface area contributed by atoms with Gasteiger partial charge in [-0.3, -0.25) is 0 Å². The summed E-state index contributed by atoms with van der Waals surface area (Å²) in [6, 6.07) is 66.9. The first-order valence-corrected chi connectivity index (χ1v) is 27.8. The zero-order valence-corrected chi connectivity index (χ0v) is 45.7. The number of rotatable bonds is 3. The molecule has 2 aliphatic heterocycles. The predicted octanol–water partition coefficient (Wildman–Crippen LogP) is 17.5. The molecule has 4 aromatic heterocycles. The molecule has 0 saturated heterocycles. The fourth-order valence-electron chi connectivity index (χ4n) is 13.1. The van der Waals surface area contributed by atoms with Crippen LogP contribution in [0, 0.1) is 0 Å². The molecule has 0 bridgehead atoms. The lowest BCUT2D eigenvalue weighted by Gasteiger charge is -2.44. The Balaban J connectivity index is 1.14. The zero-order chi connectivity index (χ0) is 51.9. The molecule has 5 nitrogen and oxygen atoms in total. The second-order valence-electron chi connectivity index (χ2n) is 24.6. The summed E-state index contributed by atoms with van der Waals surface area (Å²) < 4.78 is 14.7. The third-order valence-electron chi connectivity index (χ3n) is 17.0. The summed E-state index contributed by atoms with van der Waals surface area (Å²) in [7, 11) is 2.27. The van der Waals surface area contributed by atoms with Gasteiger partial charge in [0.1, 0.15) is 11.2 Å². The highest BCUT2D eigenvalue weighted by Crippen LogP contribution is 2.53. The minimum absolute atomic E-state index is 0.0190. The van der Waals surface area contributed by atoms with Crippen molar-refractivity contribution in [3.05, 3.63) is 193 Å². The van der Waals surface area contributed by atoms with E-state index in [2.05, 4.69) is 264 Å². The number of thiophene rings is 1. The predicted molar refractivity (Wildman–Crippen MR) is 328 cm³/mol. The van der Waals surface area contributed by atoms with E-state index in [-0.39, 0.29) is 23.0 Å². The maximum absolute atomic E-state index is 6.96. The first-order chi connectivity index (χ1) is 36.5. The van der Waals surface area contributed by atoms with E-state index >= 15 is 0 Å². The van der Waals surface area contributed by atoms with E-state index in [0.717, 1.165) is 49.7 Å². The van der Waals surface area contributed by atoms with Gasteiger partial charge in [0.25, 0.3) is 6.71 Å². The van der Waals surface area contributed by atoms with Crippen LogP contribution in [0.1, 0.15) is 79.0 Å². The van der Waals surface area contributed by atoms with Crippen LogP contribution < -0.4 is 25.5 Å². The fraction of sp³-hybridized carbons (Fsp3) is 0.188. The van der Waals surface area contributed by atoms with Gasteiger partial charge >= 0.3 is 0 Å². The van der Waals surface area contributed by atoms with E-state index in [9.17, 15) is 0 Å². The van der Waals surface area contributed by atoms with Crippen LogP contribution in [0.15, 0.2) is 180 Å². The highest BCUT2D eigenvalue weighted by atomic mass is 32.1. The van der Waals surface area contributed by atoms with Crippen molar-refractivity contribution in [3.8, 4) is 5.69 Å². The Morgan fingerprint density at radius 1 is 0.447 bits per heavy atom. The van der Waals surface area contributed by atoms with Crippen LogP contribution >= 0.6 is 11.3 Å². The van der Waals surface area contributed by atoms with Crippen molar-refractivity contribution in [1.82, 2.24) is 9.13 Å². The van der Waals surface area contributed by atoms with E-state index in [4.69, 9.17) is 4.42 Å². The third-order valence-corrected chi connectivity index (χ3v) is 18.2. The fourth-order valence-corrected chi connectivity index (χ4v) is 14.4. The molecule has 0 N–H and O–H groups in total. The number of anilines is 6. The van der Waals surface area contributed by atoms with Crippen LogP contribution in [-0.4, -0.2) is 15.8 Å². The van der Waals surface area contributed by atoms with E-state index in [1.165, 1.54) is 98.1 Å². The number of aromatic nitrogens is 2. The number of hydrogen-bond acceptors (Lipinski definition) is 4. The Hall–Kier alpha value is -8.00. The van der Waals surface area contributed by atoms with Gasteiger partial charge in [-0.25, -0.2) is 0 Å². The molecular weight excluding hydrogens is 944 g/mol. The standard InChI is InChI=1S/C69H59BN4OS/c1-67(2,3)40-26-31-43(32-27-40)72-55-23-17-24-56-60(55)70(66-62(72)50-38-42(69(7,8)9)30-37-58(50)76-66)51-39-49-45-18-11-14-21-52(45)71(10)61(49)64(63(51)73(56)44-33-28-41(29-34-44)68(4,5)6)74-53-22-15-12-20-48(53)59-54(74)36-35-47-46-19-13-16-25-57(46)75-65(47)59/h11-39H,1-10H3. The summed E-state index contributed by atoms with van der Waals surface area (Å²) in [6.45, 7) is 20.7. The molecule has 15 rings (SSSR count). The van der Waals surface area contributed by atoms with Crippen LogP contribution in [0.3, 0.4) is 0 Å². The molecule has 0 aliphatic carbocycles. The van der Waals surface area contributed by atoms with Crippen LogP contribution in [0.25, 0.3) is 81.3 Å². The van der Waals surface area contributed by atoms with Crippen molar-refractivity contribution in [3.63, 3.8) is 0 Å². The molecule has 0 amide bonds. The molecule has 0 fully saturated rings. The van der Waals surface area contributed by atoms with E-state index in [1.54, 1.807) is 0 Å². The van der Waals surface area contributed by atoms with E-state index < -0.39 is 0 Å². The minimum atomic E-state index is -0.0980. The van der Waals surface area contributed by atoms with Crippen molar-refractivity contribution in [1.29, 1.82) is 0 Å². The Kier molecular flexibility index (Phi) is 9.29. The topological polar surface area (TPSA) is 29.5 Å². The van der Waals surface area contributed by atoms with E-state index in [0.29, 0.717) is 0 Å². The molecule has 9 aromatic carbocycles. The van der Waals surface area contributed by atoms with Gasteiger partial charge in [-0.15, -0.1) is 11.3 Å². The van der Waals surface area contributed by atoms with Gasteiger partial charge in [-0.05, 0) is 123 Å². The Morgan fingerprint density at radius 2 is 1.03 bits per heavy atom. The quantitative estimate of drug-likeness (QED) is 0.165. The summed E-state index contributed by atoms with van der Waals surface area (Å²) >= 11 is 1.97. The third kappa shape index (κ3) is 6.26. The number of nitrogens with zero attached hydrogens (tertiary/aromatic N) is 4. The summed E-state index contributed by atoms with van der Waals surface area (Å²) in [6.07, 6.45) is 0. The largest absolute Gasteiger partial charge is 0.455 e. The molecule has 2 aliphatic rings. The Morgan fingerprint density at radius 3 is 1.68 bits per heavy atom. The second-order valence-corrected chi connectivity index (χ2v) is 25.7. The van der Waals surface area contributed by atoms with Crippen molar-refractivity contribution < 1.29 is 4.42 Å². The van der Waals surface area contributed by atoms with E-state index in [1.807, 2.05) is 11.3 Å². The SMILES string of the molecule is Cn1c2ccccc2c2cc3c(c(-n4c5ccccc5c5c6oc7ccccc7c6ccc54)c21)N(c1ccc(C(C)(C)C)cc1)c1cccc2c1B3c1sc3ccc(C(C)(C)C)cc3c1N2c1ccc(C(C)(C)C)cc1. The first-order valence-electron chi connectivity index (χ1n) is 26.9. The molecule has 0 radical (unpaired) electrons. The molecule has 7 heteroatoms. The zero-order valence-electron chi connectivity index (χ0n) is 44.9. The maximum atomic E-state index is 6.96. The van der Waals surface area contributed by atoms with Crippen molar-refractivity contribution in [2.45, 2.75) is 78.6 Å². The minimum Gasteiger partial charge on any atom is -0.455 e. The van der Waals surface area contributed by atoms with Gasteiger partial charge < -0.3 is 23.4 Å². The lowest BCUT2D eigenvalue weighted by molar-refractivity contribution is 0.590. The number of furan rings is 1. The number of benzene rings is 9. The van der Waals surface area contributed by atoms with Crippen molar-refractivity contribution in [2.75, 3.05) is 9.80 Å². The number of fused-ring (bicyclic) bond motifs is 16. The highest BCUT2D eigenvalue weighted by Gasteiger charge is 2.47. The van der Waals surface area contributed by atoms with Gasteiger partial charge in [0.2, 0.25) is 0 Å². The molecule has 0 atom stereocenters. The normalized spacial score (nSPS) is 13.8. The number of para-hydroxylation sites is 3. The van der Waals surface area contributed by atoms with Gasteiger partial charge in [0.05, 0.1) is 39.0 Å². The second kappa shape index (κ2) is 15.6. The average molecular weight is 1000 g/mol. The molecule has 0 unspecified atom stereocenters. The molecule has 0 spiro atoms. The lowest BCUT2D eigenvalue weighted by Crippen LogP contribution is -2.60. The van der Waals surface area contributed by atoms with Crippen LogP contribution in [0.4, 0.5) is 34.1 Å². The van der Waals surface area contributed by atoms with Gasteiger partial charge in [-0.2, -0.15) is 0 Å². The van der Waals surface area contributed by atoms with Gasteiger partial charge in [0, 0.05) is 77.1 Å². The van der Waals surface area contributed by atoms with Crippen molar-refractivity contribution in [2.24, 2.45) is 7.05 Å². The average Bonchev–Trinajstić information content (AvgIpc) is 4.26. The molecule has 13 aromatic rings. The molecule has 370 valence electrons. The number of aryl methyl sites for hydroxylation is 1. The Labute approximate surface area is 448 Å². The Bertz CT molecular complexity index is 4600. The summed E-state index contributed by atoms with van der Waals surface area (Å²) in [5.41, 5.74) is 21.3.